The van der Waals surface area contributed by atoms with Crippen LogP contribution in [0.3, 0.4) is 0 Å². The summed E-state index contributed by atoms with van der Waals surface area (Å²) in [6, 6.07) is 30.9. The van der Waals surface area contributed by atoms with E-state index in [2.05, 4.69) is 75.6 Å². The maximum Gasteiger partial charge on any atom is 0.174 e. The Bertz CT molecular complexity index is 1220. The molecule has 38 heavy (non-hydrogen) atoms. The number of para-hydroxylation sites is 2. The molecule has 0 radical (unpaired) electrons. The minimum Gasteiger partial charge on any atom is -0.487 e. The Morgan fingerprint density at radius 1 is 0.816 bits per heavy atom. The lowest BCUT2D eigenvalue weighted by Crippen LogP contribution is -2.50. The predicted molar refractivity (Wildman–Crippen MR) is 146 cm³/mol. The summed E-state index contributed by atoms with van der Waals surface area (Å²) >= 11 is 0. The zero-order chi connectivity index (χ0) is 26.2. The van der Waals surface area contributed by atoms with E-state index in [0.717, 1.165) is 31.9 Å². The number of hydrogen-bond donors (Lipinski definition) is 1. The van der Waals surface area contributed by atoms with Gasteiger partial charge >= 0.3 is 0 Å². The van der Waals surface area contributed by atoms with Crippen molar-refractivity contribution < 1.29 is 19.1 Å². The predicted octanol–water partition coefficient (Wildman–Crippen LogP) is 4.71. The number of aliphatic hydroxyl groups is 1. The standard InChI is InChI=1S/C31H35N3O4/c1-24-20-28(38-32-24)23-37-30-15-9-8-14-29(30)36-22-27(35)21-33-16-18-34(19-17-33)31(25-10-4-2-5-11-25)26-12-6-3-7-13-26/h2-15,20,27,31,35H,16-19,21-23H2,1H3. The van der Waals surface area contributed by atoms with Gasteiger partial charge in [-0.05, 0) is 30.2 Å². The third kappa shape index (κ3) is 6.81. The van der Waals surface area contributed by atoms with Crippen LogP contribution in [-0.4, -0.2) is 65.5 Å². The highest BCUT2D eigenvalue weighted by molar-refractivity contribution is 5.39. The number of aromatic nitrogens is 1. The maximum absolute atomic E-state index is 10.8. The highest BCUT2D eigenvalue weighted by Crippen LogP contribution is 2.30. The van der Waals surface area contributed by atoms with Crippen LogP contribution in [0.2, 0.25) is 0 Å². The first kappa shape index (κ1) is 26.0. The molecule has 1 aromatic heterocycles. The number of aliphatic hydroxyl groups excluding tert-OH is 1. The number of β-amino-alcohol motifs (C(OH)–C–C–N with tert-alkyl or cyclic N) is 1. The van der Waals surface area contributed by atoms with E-state index in [9.17, 15) is 5.11 Å². The van der Waals surface area contributed by atoms with Gasteiger partial charge in [-0.2, -0.15) is 0 Å². The molecular formula is C31H35N3O4. The van der Waals surface area contributed by atoms with Gasteiger partial charge in [0.25, 0.3) is 0 Å². The van der Waals surface area contributed by atoms with Gasteiger partial charge in [0.15, 0.2) is 17.3 Å². The lowest BCUT2D eigenvalue weighted by molar-refractivity contribution is 0.0393. The van der Waals surface area contributed by atoms with Crippen LogP contribution in [0.25, 0.3) is 0 Å². The second-order valence-corrected chi connectivity index (χ2v) is 9.70. The molecule has 0 spiro atoms. The Kier molecular flexibility index (Phi) is 8.71. The van der Waals surface area contributed by atoms with Gasteiger partial charge in [0, 0.05) is 38.8 Å². The molecule has 3 aromatic carbocycles. The second kappa shape index (κ2) is 12.7. The third-order valence-electron chi connectivity index (χ3n) is 6.80. The van der Waals surface area contributed by atoms with Gasteiger partial charge in [-0.25, -0.2) is 0 Å². The molecule has 5 rings (SSSR count). The van der Waals surface area contributed by atoms with Gasteiger partial charge < -0.3 is 19.1 Å². The Morgan fingerprint density at radius 2 is 1.39 bits per heavy atom. The Morgan fingerprint density at radius 3 is 1.97 bits per heavy atom. The minimum atomic E-state index is -0.606. The Balaban J connectivity index is 1.12. The summed E-state index contributed by atoms with van der Waals surface area (Å²) in [5.74, 6) is 1.86. The largest absolute Gasteiger partial charge is 0.487 e. The topological polar surface area (TPSA) is 71.2 Å². The molecular weight excluding hydrogens is 478 g/mol. The normalized spacial score (nSPS) is 15.4. The maximum atomic E-state index is 10.8. The summed E-state index contributed by atoms with van der Waals surface area (Å²) in [7, 11) is 0. The zero-order valence-electron chi connectivity index (χ0n) is 21.8. The van der Waals surface area contributed by atoms with Crippen molar-refractivity contribution >= 4 is 0 Å². The quantitative estimate of drug-likeness (QED) is 0.311. The molecule has 1 saturated heterocycles. The molecule has 2 heterocycles. The van der Waals surface area contributed by atoms with E-state index in [1.54, 1.807) is 0 Å². The summed E-state index contributed by atoms with van der Waals surface area (Å²) in [5.41, 5.74) is 3.42. The SMILES string of the molecule is Cc1cc(COc2ccccc2OCC(O)CN2CCN(C(c3ccccc3)c3ccccc3)CC2)on1. The zero-order valence-corrected chi connectivity index (χ0v) is 21.8. The lowest BCUT2D eigenvalue weighted by atomic mass is 9.96. The van der Waals surface area contributed by atoms with E-state index in [1.165, 1.54) is 11.1 Å². The van der Waals surface area contributed by atoms with Crippen molar-refractivity contribution in [2.75, 3.05) is 39.3 Å². The fraction of sp³-hybridized carbons (Fsp3) is 0.323. The molecule has 1 fully saturated rings. The monoisotopic (exact) mass is 513 g/mol. The van der Waals surface area contributed by atoms with Crippen LogP contribution in [0.1, 0.15) is 28.6 Å². The number of hydrogen-bond acceptors (Lipinski definition) is 7. The van der Waals surface area contributed by atoms with Crippen molar-refractivity contribution in [1.82, 2.24) is 15.0 Å². The fourth-order valence-electron chi connectivity index (χ4n) is 4.95. The van der Waals surface area contributed by atoms with Crippen LogP contribution in [-0.2, 0) is 6.61 Å². The second-order valence-electron chi connectivity index (χ2n) is 9.70. The number of ether oxygens (including phenoxy) is 2. The van der Waals surface area contributed by atoms with E-state index < -0.39 is 6.10 Å². The van der Waals surface area contributed by atoms with Crippen LogP contribution >= 0.6 is 0 Å². The third-order valence-corrected chi connectivity index (χ3v) is 6.80. The summed E-state index contributed by atoms with van der Waals surface area (Å²) < 4.78 is 17.0. The molecule has 0 aliphatic carbocycles. The molecule has 1 N–H and O–H groups in total. The number of aryl methyl sites for hydroxylation is 1. The molecule has 0 bridgehead atoms. The van der Waals surface area contributed by atoms with Crippen molar-refractivity contribution in [3.8, 4) is 11.5 Å². The van der Waals surface area contributed by atoms with Gasteiger partial charge in [-0.3, -0.25) is 9.80 Å². The molecule has 0 amide bonds. The summed E-state index contributed by atoms with van der Waals surface area (Å²) in [6.07, 6.45) is -0.606. The van der Waals surface area contributed by atoms with Crippen molar-refractivity contribution in [1.29, 1.82) is 0 Å². The highest BCUT2D eigenvalue weighted by atomic mass is 16.5. The van der Waals surface area contributed by atoms with Gasteiger partial charge in [0.1, 0.15) is 19.3 Å². The molecule has 0 saturated carbocycles. The lowest BCUT2D eigenvalue weighted by Gasteiger charge is -2.40. The first-order chi connectivity index (χ1) is 18.7. The summed E-state index contributed by atoms with van der Waals surface area (Å²) in [6.45, 7) is 6.54. The smallest absolute Gasteiger partial charge is 0.174 e. The first-order valence-electron chi connectivity index (χ1n) is 13.2. The average Bonchev–Trinajstić information content (AvgIpc) is 3.38. The van der Waals surface area contributed by atoms with E-state index in [0.29, 0.717) is 23.8 Å². The number of benzene rings is 3. The van der Waals surface area contributed by atoms with Gasteiger partial charge in [0.05, 0.1) is 11.7 Å². The van der Waals surface area contributed by atoms with Crippen LogP contribution in [0.5, 0.6) is 11.5 Å². The summed E-state index contributed by atoms with van der Waals surface area (Å²) in [4.78, 5) is 4.85. The molecule has 7 nitrogen and oxygen atoms in total. The molecule has 1 aliphatic rings. The van der Waals surface area contributed by atoms with E-state index >= 15 is 0 Å². The van der Waals surface area contributed by atoms with E-state index in [4.69, 9.17) is 14.0 Å². The van der Waals surface area contributed by atoms with Crippen LogP contribution in [0.15, 0.2) is 95.5 Å². The number of rotatable bonds is 11. The molecule has 7 heteroatoms. The molecule has 1 atom stereocenters. The van der Waals surface area contributed by atoms with E-state index in [1.807, 2.05) is 37.3 Å². The Labute approximate surface area is 224 Å². The van der Waals surface area contributed by atoms with Crippen molar-refractivity contribution in [3.05, 3.63) is 114 Å². The van der Waals surface area contributed by atoms with E-state index in [-0.39, 0.29) is 19.3 Å². The first-order valence-corrected chi connectivity index (χ1v) is 13.2. The van der Waals surface area contributed by atoms with Gasteiger partial charge in [-0.1, -0.05) is 78.0 Å². The highest BCUT2D eigenvalue weighted by Gasteiger charge is 2.27. The van der Waals surface area contributed by atoms with Crippen LogP contribution in [0.4, 0.5) is 0 Å². The van der Waals surface area contributed by atoms with Crippen LogP contribution in [0, 0.1) is 6.92 Å². The molecule has 4 aromatic rings. The van der Waals surface area contributed by atoms with Crippen molar-refractivity contribution in [3.63, 3.8) is 0 Å². The number of piperazine rings is 1. The van der Waals surface area contributed by atoms with Crippen molar-refractivity contribution in [2.24, 2.45) is 0 Å². The molecule has 1 unspecified atom stereocenters. The fourth-order valence-corrected chi connectivity index (χ4v) is 4.95. The van der Waals surface area contributed by atoms with Crippen LogP contribution < -0.4 is 9.47 Å². The van der Waals surface area contributed by atoms with Gasteiger partial charge in [-0.15, -0.1) is 0 Å². The molecule has 1 aliphatic heterocycles. The molecule has 198 valence electrons. The Hall–Kier alpha value is -3.65. The number of nitrogens with zero attached hydrogens (tertiary/aromatic N) is 3. The average molecular weight is 514 g/mol. The minimum absolute atomic E-state index is 0.193. The van der Waals surface area contributed by atoms with Crippen molar-refractivity contribution in [2.45, 2.75) is 25.7 Å². The van der Waals surface area contributed by atoms with Gasteiger partial charge in [0.2, 0.25) is 0 Å². The summed E-state index contributed by atoms with van der Waals surface area (Å²) in [5, 5.41) is 14.6.